The summed E-state index contributed by atoms with van der Waals surface area (Å²) in [5.41, 5.74) is 3.30. The number of benzene rings is 1. The van der Waals surface area contributed by atoms with Crippen molar-refractivity contribution in [2.75, 3.05) is 12.3 Å². The molecule has 0 bridgehead atoms. The SMILES string of the molecule is CCCCP(CCCC)C1=Cc2ccccc2[CH]1[Hf+2][CH]1CCC2C=CC=CC21.[Cl-].[Cl-]. The first kappa shape index (κ1) is 26.6. The molecule has 1 saturated carbocycles. The quantitative estimate of drug-likeness (QED) is 0.291. The van der Waals surface area contributed by atoms with Gasteiger partial charge in [-0.05, 0) is 0 Å². The zero-order valence-corrected chi connectivity index (χ0v) is 24.4. The fourth-order valence-corrected chi connectivity index (χ4v) is 18.1. The Balaban J connectivity index is 0.00000160. The summed E-state index contributed by atoms with van der Waals surface area (Å²) in [7, 11) is 0.0791. The van der Waals surface area contributed by atoms with Gasteiger partial charge in [-0.3, -0.25) is 0 Å². The van der Waals surface area contributed by atoms with Crippen molar-refractivity contribution in [2.24, 2.45) is 11.8 Å². The van der Waals surface area contributed by atoms with Crippen LogP contribution in [0.1, 0.15) is 67.2 Å². The van der Waals surface area contributed by atoms with E-state index in [2.05, 4.69) is 68.5 Å². The van der Waals surface area contributed by atoms with E-state index in [1.54, 1.807) is 11.1 Å². The molecule has 3 aliphatic carbocycles. The number of unbranched alkanes of at least 4 members (excludes halogenated alkanes) is 2. The van der Waals surface area contributed by atoms with Gasteiger partial charge in [0.1, 0.15) is 0 Å². The number of rotatable bonds is 9. The number of halogens is 2. The molecule has 0 amide bonds. The molecule has 0 spiro atoms. The van der Waals surface area contributed by atoms with E-state index in [0.29, 0.717) is 0 Å². The minimum absolute atomic E-state index is 0. The van der Waals surface area contributed by atoms with Gasteiger partial charge in [-0.15, -0.1) is 0 Å². The molecule has 4 atom stereocenters. The van der Waals surface area contributed by atoms with Crippen molar-refractivity contribution in [3.63, 3.8) is 0 Å². The summed E-state index contributed by atoms with van der Waals surface area (Å²) in [6.07, 6.45) is 23.8. The van der Waals surface area contributed by atoms with Crippen LogP contribution in [0.4, 0.5) is 0 Å². The van der Waals surface area contributed by atoms with Crippen LogP contribution >= 0.6 is 7.92 Å². The van der Waals surface area contributed by atoms with Crippen LogP contribution in [0.3, 0.4) is 0 Å². The van der Waals surface area contributed by atoms with E-state index in [1.165, 1.54) is 50.8 Å². The molecule has 0 nitrogen and oxygen atoms in total. The Bertz CT molecular complexity index is 749. The molecule has 0 N–H and O–H groups in total. The largest absolute Gasteiger partial charge is 1.00 e. The molecule has 1 aromatic carbocycles. The van der Waals surface area contributed by atoms with Crippen LogP contribution in [0.15, 0.2) is 53.9 Å². The molecule has 4 rings (SSSR count). The number of hydrogen-bond acceptors (Lipinski definition) is 0. The second-order valence-corrected chi connectivity index (χ2v) is 17.1. The Labute approximate surface area is 209 Å². The summed E-state index contributed by atoms with van der Waals surface area (Å²) in [6.45, 7) is 4.73. The molecule has 0 aromatic heterocycles. The first-order chi connectivity index (χ1) is 13.8. The third kappa shape index (κ3) is 6.01. The van der Waals surface area contributed by atoms with E-state index >= 15 is 0 Å². The first-order valence-corrected chi connectivity index (χ1v) is 17.3. The van der Waals surface area contributed by atoms with Crippen LogP contribution in [0.5, 0.6) is 0 Å². The molecule has 30 heavy (non-hydrogen) atoms. The smallest absolute Gasteiger partial charge is 1.00 e. The predicted octanol–water partition coefficient (Wildman–Crippen LogP) is 2.20. The van der Waals surface area contributed by atoms with E-state index in [0.717, 1.165) is 19.2 Å². The van der Waals surface area contributed by atoms with Gasteiger partial charge in [-0.1, -0.05) is 0 Å². The fourth-order valence-electron chi connectivity index (χ4n) is 5.19. The van der Waals surface area contributed by atoms with Crippen LogP contribution in [-0.4, -0.2) is 12.3 Å². The van der Waals surface area contributed by atoms with E-state index in [4.69, 9.17) is 0 Å². The average Bonchev–Trinajstić information content (AvgIpc) is 3.31. The van der Waals surface area contributed by atoms with Crippen molar-refractivity contribution in [2.45, 2.75) is 59.7 Å². The van der Waals surface area contributed by atoms with Gasteiger partial charge in [-0.2, -0.15) is 0 Å². The van der Waals surface area contributed by atoms with E-state index < -0.39 is 22.9 Å². The van der Waals surface area contributed by atoms with Crippen LogP contribution in [-0.2, 0) is 22.9 Å². The Morgan fingerprint density at radius 2 is 1.63 bits per heavy atom. The third-order valence-electron chi connectivity index (χ3n) is 6.79. The van der Waals surface area contributed by atoms with Crippen LogP contribution < -0.4 is 24.8 Å². The van der Waals surface area contributed by atoms with E-state index in [9.17, 15) is 0 Å². The van der Waals surface area contributed by atoms with Crippen molar-refractivity contribution in [1.82, 2.24) is 0 Å². The minimum Gasteiger partial charge on any atom is -1.00 e. The Kier molecular flexibility index (Phi) is 11.6. The Morgan fingerprint density at radius 3 is 2.37 bits per heavy atom. The van der Waals surface area contributed by atoms with Gasteiger partial charge in [0.05, 0.1) is 0 Å². The van der Waals surface area contributed by atoms with Gasteiger partial charge in [0.2, 0.25) is 0 Å². The Morgan fingerprint density at radius 1 is 0.933 bits per heavy atom. The summed E-state index contributed by atoms with van der Waals surface area (Å²) >= 11 is -0.807. The monoisotopic (exact) mass is 628 g/mol. The molecule has 4 unspecified atom stereocenters. The van der Waals surface area contributed by atoms with Gasteiger partial charge < -0.3 is 24.8 Å². The average molecular weight is 628 g/mol. The maximum Gasteiger partial charge on any atom is -1.00 e. The molecule has 0 saturated heterocycles. The molecule has 0 radical (unpaired) electrons. The van der Waals surface area contributed by atoms with Crippen molar-refractivity contribution in [1.29, 1.82) is 0 Å². The summed E-state index contributed by atoms with van der Waals surface area (Å²) in [4.78, 5) is 0. The van der Waals surface area contributed by atoms with E-state index in [-0.39, 0.29) is 32.7 Å². The van der Waals surface area contributed by atoms with Crippen molar-refractivity contribution < 1.29 is 47.7 Å². The summed E-state index contributed by atoms with van der Waals surface area (Å²) < 4.78 is 1.94. The maximum atomic E-state index is 2.67. The predicted molar refractivity (Wildman–Crippen MR) is 122 cm³/mol. The van der Waals surface area contributed by atoms with Crippen molar-refractivity contribution in [3.8, 4) is 0 Å². The zero-order chi connectivity index (χ0) is 19.3. The fraction of sp³-hybridized carbons (Fsp3) is 0.538. The number of hydrogen-bond donors (Lipinski definition) is 0. The molecular formula is C26H35Cl2HfP. The van der Waals surface area contributed by atoms with Crippen molar-refractivity contribution >= 4 is 14.0 Å². The Hall–Kier alpha value is 0.320. The molecule has 3 aliphatic rings. The molecule has 0 heterocycles. The van der Waals surface area contributed by atoms with Crippen LogP contribution in [0.2, 0.25) is 3.67 Å². The zero-order valence-electron chi connectivity index (χ0n) is 18.4. The summed E-state index contributed by atoms with van der Waals surface area (Å²) in [6, 6.07) is 9.43. The molecule has 1 aromatic rings. The summed E-state index contributed by atoms with van der Waals surface area (Å²) in [5, 5.41) is 1.93. The topological polar surface area (TPSA) is 0 Å². The molecule has 1 fully saturated rings. The number of fused-ring (bicyclic) bond motifs is 2. The number of allylic oxidation sites excluding steroid dienone is 5. The molecule has 4 heteroatoms. The molecule has 162 valence electrons. The van der Waals surface area contributed by atoms with Gasteiger partial charge in [0, 0.05) is 0 Å². The van der Waals surface area contributed by atoms with E-state index in [1.807, 2.05) is 5.31 Å². The van der Waals surface area contributed by atoms with Crippen LogP contribution in [0, 0.1) is 11.8 Å². The maximum absolute atomic E-state index is 2.67. The van der Waals surface area contributed by atoms with Crippen LogP contribution in [0.25, 0.3) is 6.08 Å². The van der Waals surface area contributed by atoms with Crippen molar-refractivity contribution in [3.05, 3.63) is 65.0 Å². The second-order valence-electron chi connectivity index (χ2n) is 8.69. The first-order valence-electron chi connectivity index (χ1n) is 11.5. The second kappa shape index (κ2) is 13.1. The normalized spacial score (nSPS) is 25.8. The summed E-state index contributed by atoms with van der Waals surface area (Å²) in [5.74, 6) is 1.73. The third-order valence-corrected chi connectivity index (χ3v) is 17.9. The van der Waals surface area contributed by atoms with Gasteiger partial charge in [0.25, 0.3) is 0 Å². The standard InChI is InChI=1S/C17H24P.C9H11.2ClH.Hf/c1-3-5-11-18(12-6-4-2)17-13-15-9-7-8-10-16(15)14-17;1-2-5-9-7-3-6-8(9)4-1;;;/h7-10,13-14H,3-6,11-12H2,1-2H3;1-2,4-6,8-9H,3,7H2;2*1H;/q;;;;+2/p-2. The van der Waals surface area contributed by atoms with Gasteiger partial charge in [0.15, 0.2) is 0 Å². The van der Waals surface area contributed by atoms with Gasteiger partial charge >= 0.3 is 186 Å². The molecule has 0 aliphatic heterocycles. The van der Waals surface area contributed by atoms with Gasteiger partial charge in [-0.25, -0.2) is 0 Å². The molecular weight excluding hydrogens is 593 g/mol. The minimum atomic E-state index is -0.807.